The van der Waals surface area contributed by atoms with Crippen molar-refractivity contribution >= 4 is 29.9 Å². The zero-order valence-electron chi connectivity index (χ0n) is 24.9. The number of hydrogen-bond donors (Lipinski definition) is 2. The van der Waals surface area contributed by atoms with Crippen molar-refractivity contribution in [1.82, 2.24) is 20.2 Å². The van der Waals surface area contributed by atoms with Crippen LogP contribution in [0.1, 0.15) is 87.9 Å². The molecule has 2 atom stereocenters. The highest BCUT2D eigenvalue weighted by atomic mass is 16.6. The molecule has 2 N–H and O–H groups in total. The van der Waals surface area contributed by atoms with E-state index < -0.39 is 34.8 Å². The highest BCUT2D eigenvalue weighted by Crippen LogP contribution is 2.31. The lowest BCUT2D eigenvalue weighted by molar-refractivity contribution is -0.144. The fourth-order valence-electron chi connectivity index (χ4n) is 4.56. The molecule has 218 valence electrons. The van der Waals surface area contributed by atoms with Crippen LogP contribution in [0.5, 0.6) is 0 Å². The lowest BCUT2D eigenvalue weighted by atomic mass is 9.81. The van der Waals surface area contributed by atoms with Crippen molar-refractivity contribution < 1.29 is 29.0 Å². The number of carboxylic acids is 1. The number of aromatic nitrogens is 2. The molecule has 0 aliphatic carbocycles. The Hall–Kier alpha value is -3.44. The molecule has 0 aromatic carbocycles. The highest BCUT2D eigenvalue weighted by Gasteiger charge is 2.41. The molecule has 1 aromatic rings. The van der Waals surface area contributed by atoms with Crippen LogP contribution in [0, 0.1) is 0 Å². The molecule has 1 aromatic heterocycles. The molecule has 2 heterocycles. The van der Waals surface area contributed by atoms with Crippen molar-refractivity contribution in [2.45, 2.75) is 111 Å². The first kappa shape index (κ1) is 31.8. The van der Waals surface area contributed by atoms with Crippen molar-refractivity contribution in [3.8, 4) is 0 Å². The SMILES string of the molecule is CCC(CC)(C(=O)O)c1nccc(N2C[C@@H](C)N(C(=NC(=O)OC(C)(C)C)NC(=O)OC(C)(C)C)[C@@H](C)C2)n1. The fourth-order valence-corrected chi connectivity index (χ4v) is 4.56. The van der Waals surface area contributed by atoms with Gasteiger partial charge >= 0.3 is 18.2 Å². The maximum Gasteiger partial charge on any atom is 0.437 e. The number of nitrogens with zero attached hydrogens (tertiary/aromatic N) is 5. The molecule has 0 saturated carbocycles. The molecule has 39 heavy (non-hydrogen) atoms. The molecule has 2 rings (SSSR count). The lowest BCUT2D eigenvalue weighted by Crippen LogP contribution is -2.62. The summed E-state index contributed by atoms with van der Waals surface area (Å²) in [6, 6.07) is 1.29. The first-order valence-corrected chi connectivity index (χ1v) is 13.3. The predicted octanol–water partition coefficient (Wildman–Crippen LogP) is 4.33. The maximum atomic E-state index is 12.7. The Labute approximate surface area is 231 Å². The molecule has 0 radical (unpaired) electrons. The number of hydrogen-bond acceptors (Lipinski definition) is 8. The van der Waals surface area contributed by atoms with E-state index in [4.69, 9.17) is 9.47 Å². The van der Waals surface area contributed by atoms with E-state index in [9.17, 15) is 19.5 Å². The van der Waals surface area contributed by atoms with Crippen LogP contribution in [0.4, 0.5) is 15.4 Å². The van der Waals surface area contributed by atoms with Gasteiger partial charge in [-0.1, -0.05) is 13.8 Å². The Bertz CT molecular complexity index is 1060. The Balaban J connectivity index is 2.38. The smallest absolute Gasteiger partial charge is 0.437 e. The monoisotopic (exact) mass is 548 g/mol. The number of ether oxygens (including phenoxy) is 2. The largest absolute Gasteiger partial charge is 0.480 e. The Morgan fingerprint density at radius 2 is 1.56 bits per heavy atom. The van der Waals surface area contributed by atoms with Crippen molar-refractivity contribution in [2.75, 3.05) is 18.0 Å². The van der Waals surface area contributed by atoms with Crippen LogP contribution in [-0.4, -0.2) is 80.5 Å². The molecule has 1 fully saturated rings. The number of amides is 2. The van der Waals surface area contributed by atoms with E-state index in [0.717, 1.165) is 0 Å². The van der Waals surface area contributed by atoms with E-state index in [1.807, 2.05) is 37.5 Å². The van der Waals surface area contributed by atoms with E-state index in [0.29, 0.717) is 31.7 Å². The quantitative estimate of drug-likeness (QED) is 0.402. The molecular weight excluding hydrogens is 504 g/mol. The Kier molecular flexibility index (Phi) is 9.91. The van der Waals surface area contributed by atoms with Gasteiger partial charge in [0.1, 0.15) is 28.3 Å². The number of nitrogens with one attached hydrogen (secondary N) is 1. The Morgan fingerprint density at radius 1 is 1.03 bits per heavy atom. The molecule has 1 saturated heterocycles. The van der Waals surface area contributed by atoms with Crippen LogP contribution in [0.15, 0.2) is 17.3 Å². The molecule has 2 amide bonds. The summed E-state index contributed by atoms with van der Waals surface area (Å²) >= 11 is 0. The first-order valence-electron chi connectivity index (χ1n) is 13.3. The highest BCUT2D eigenvalue weighted by molar-refractivity contribution is 5.99. The van der Waals surface area contributed by atoms with Crippen molar-refractivity contribution in [2.24, 2.45) is 4.99 Å². The lowest BCUT2D eigenvalue weighted by Gasteiger charge is -2.46. The number of carbonyl (C=O) groups excluding carboxylic acids is 2. The van der Waals surface area contributed by atoms with E-state index in [-0.39, 0.29) is 23.9 Å². The second-order valence-electron chi connectivity index (χ2n) is 11.9. The van der Waals surface area contributed by atoms with E-state index in [1.54, 1.807) is 53.8 Å². The summed E-state index contributed by atoms with van der Waals surface area (Å²) in [5, 5.41) is 12.6. The summed E-state index contributed by atoms with van der Waals surface area (Å²) in [5.41, 5.74) is -2.68. The van der Waals surface area contributed by atoms with Gasteiger partial charge in [0, 0.05) is 31.4 Å². The summed E-state index contributed by atoms with van der Waals surface area (Å²) in [6.45, 7) is 18.9. The normalized spacial score (nSPS) is 19.0. The minimum Gasteiger partial charge on any atom is -0.480 e. The van der Waals surface area contributed by atoms with Gasteiger partial charge in [-0.05, 0) is 74.3 Å². The standard InChI is InChI=1S/C27H44N6O6/c1-11-27(12-2,21(34)35)20-28-14-13-19(29-20)32-15-17(3)33(18(4)16-32)22(30-23(36)38-25(5,6)7)31-24(37)39-26(8,9)10/h13-14,17-18H,11-12,15-16H2,1-10H3,(H,34,35)(H,30,31,36,37)/t17-,18+. The van der Waals surface area contributed by atoms with E-state index >= 15 is 0 Å². The second-order valence-corrected chi connectivity index (χ2v) is 11.9. The van der Waals surface area contributed by atoms with Gasteiger partial charge in [-0.25, -0.2) is 19.6 Å². The van der Waals surface area contributed by atoms with Crippen LogP contribution in [0.25, 0.3) is 0 Å². The molecule has 1 aliphatic rings. The maximum absolute atomic E-state index is 12.7. The molecule has 12 nitrogen and oxygen atoms in total. The van der Waals surface area contributed by atoms with Gasteiger partial charge in [-0.15, -0.1) is 4.99 Å². The Morgan fingerprint density at radius 3 is 2.03 bits per heavy atom. The fraction of sp³-hybridized carbons (Fsp3) is 0.704. The number of aliphatic imine (C=N–C) groups is 1. The number of alkyl carbamates (subject to hydrolysis) is 1. The number of anilines is 1. The summed E-state index contributed by atoms with van der Waals surface area (Å²) in [7, 11) is 0. The van der Waals surface area contributed by atoms with Gasteiger partial charge in [0.05, 0.1) is 0 Å². The van der Waals surface area contributed by atoms with Crippen LogP contribution in [-0.2, 0) is 19.7 Å². The molecule has 0 spiro atoms. The number of carboxylic acid groups (broad SMARTS) is 1. The van der Waals surface area contributed by atoms with Gasteiger partial charge in [0.15, 0.2) is 0 Å². The number of piperazine rings is 1. The zero-order valence-corrected chi connectivity index (χ0v) is 24.9. The van der Waals surface area contributed by atoms with Crippen LogP contribution in [0.3, 0.4) is 0 Å². The van der Waals surface area contributed by atoms with Gasteiger partial charge in [0.25, 0.3) is 0 Å². The van der Waals surface area contributed by atoms with Gasteiger partial charge in [0.2, 0.25) is 5.96 Å². The third-order valence-electron chi connectivity index (χ3n) is 6.38. The molecule has 12 heteroatoms. The van der Waals surface area contributed by atoms with Crippen LogP contribution >= 0.6 is 0 Å². The molecule has 1 aliphatic heterocycles. The summed E-state index contributed by atoms with van der Waals surface area (Å²) in [4.78, 5) is 54.4. The minimum absolute atomic E-state index is 0.0309. The topological polar surface area (TPSA) is 147 Å². The van der Waals surface area contributed by atoms with Gasteiger partial charge in [-0.3, -0.25) is 10.1 Å². The second kappa shape index (κ2) is 12.2. The first-order chi connectivity index (χ1) is 17.9. The molecule has 0 bridgehead atoms. The zero-order chi connectivity index (χ0) is 29.8. The van der Waals surface area contributed by atoms with Crippen molar-refractivity contribution in [1.29, 1.82) is 0 Å². The summed E-state index contributed by atoms with van der Waals surface area (Å²) < 4.78 is 10.8. The number of guanidine groups is 1. The number of rotatable bonds is 5. The average molecular weight is 549 g/mol. The van der Waals surface area contributed by atoms with Gasteiger partial charge < -0.3 is 24.4 Å². The van der Waals surface area contributed by atoms with Crippen LogP contribution < -0.4 is 10.2 Å². The molecular formula is C27H44N6O6. The summed E-state index contributed by atoms with van der Waals surface area (Å²) in [5.74, 6) is -0.0357. The minimum atomic E-state index is -1.17. The van der Waals surface area contributed by atoms with Crippen molar-refractivity contribution in [3.05, 3.63) is 18.1 Å². The third kappa shape index (κ3) is 8.27. The van der Waals surface area contributed by atoms with E-state index in [2.05, 4.69) is 20.3 Å². The number of carbonyl (C=O) groups is 3. The predicted molar refractivity (Wildman–Crippen MR) is 148 cm³/mol. The van der Waals surface area contributed by atoms with Gasteiger partial charge in [-0.2, -0.15) is 0 Å². The average Bonchev–Trinajstić information content (AvgIpc) is 2.77. The third-order valence-corrected chi connectivity index (χ3v) is 6.38. The number of aliphatic carboxylic acids is 1. The van der Waals surface area contributed by atoms with Crippen molar-refractivity contribution in [3.63, 3.8) is 0 Å². The van der Waals surface area contributed by atoms with Crippen LogP contribution in [0.2, 0.25) is 0 Å². The summed E-state index contributed by atoms with van der Waals surface area (Å²) in [6.07, 6.45) is 0.742. The van der Waals surface area contributed by atoms with E-state index in [1.165, 1.54) is 0 Å². The molecule has 0 unspecified atom stereocenters.